The first-order valence-corrected chi connectivity index (χ1v) is 6.27. The Labute approximate surface area is 112 Å². The number of ketones is 2. The Hall–Kier alpha value is -2.50. The van der Waals surface area contributed by atoms with E-state index in [1.807, 2.05) is 0 Å². The van der Waals surface area contributed by atoms with Gasteiger partial charge in [-0.3, -0.25) is 14.4 Å². The lowest BCUT2D eigenvalue weighted by atomic mass is 9.93. The predicted octanol–water partition coefficient (Wildman–Crippen LogP) is 0.818. The summed E-state index contributed by atoms with van der Waals surface area (Å²) < 4.78 is 5.90. The van der Waals surface area contributed by atoms with E-state index in [-0.39, 0.29) is 36.0 Å². The van der Waals surface area contributed by atoms with Crippen LogP contribution in [0.15, 0.2) is 38.3 Å². The molecule has 1 aliphatic carbocycles. The second kappa shape index (κ2) is 4.56. The lowest BCUT2D eigenvalue weighted by Crippen LogP contribution is -2.41. The average Bonchev–Trinajstić information content (AvgIpc) is 2.41. The van der Waals surface area contributed by atoms with Gasteiger partial charge < -0.3 is 4.42 Å². The van der Waals surface area contributed by atoms with Crippen molar-refractivity contribution in [3.05, 3.63) is 45.2 Å². The maximum Gasteiger partial charge on any atom is 0.422 e. The van der Waals surface area contributed by atoms with E-state index < -0.39 is 23.1 Å². The molecule has 1 aliphatic rings. The molecule has 0 saturated heterocycles. The lowest BCUT2D eigenvalue weighted by Gasteiger charge is -2.20. The van der Waals surface area contributed by atoms with Crippen molar-refractivity contribution in [3.63, 3.8) is 0 Å². The molecule has 0 aliphatic heterocycles. The van der Waals surface area contributed by atoms with Gasteiger partial charge in [0.1, 0.15) is 17.4 Å². The van der Waals surface area contributed by atoms with Crippen molar-refractivity contribution >= 4 is 22.5 Å². The molecule has 1 saturated carbocycles. The number of hydrogen-bond acceptors (Lipinski definition) is 5. The fraction of sp³-hybridized carbons (Fsp3) is 0.286. The zero-order valence-electron chi connectivity index (χ0n) is 10.5. The summed E-state index contributed by atoms with van der Waals surface area (Å²) in [5.41, 5.74) is -0.359. The van der Waals surface area contributed by atoms with Crippen LogP contribution in [0.3, 0.4) is 0 Å². The lowest BCUT2D eigenvalue weighted by molar-refractivity contribution is -0.132. The minimum Gasteiger partial charge on any atom is -0.409 e. The van der Waals surface area contributed by atoms with E-state index in [4.69, 9.17) is 4.42 Å². The van der Waals surface area contributed by atoms with Crippen molar-refractivity contribution < 1.29 is 14.0 Å². The molecule has 0 spiro atoms. The quantitative estimate of drug-likeness (QED) is 0.718. The molecule has 2 aromatic rings. The van der Waals surface area contributed by atoms with Crippen LogP contribution in [0.25, 0.3) is 11.0 Å². The minimum atomic E-state index is -0.902. The summed E-state index contributed by atoms with van der Waals surface area (Å²) in [6, 6.07) is 5.46. The molecule has 1 unspecified atom stereocenters. The summed E-state index contributed by atoms with van der Waals surface area (Å²) in [5.74, 6) is -1.43. The number of benzene rings is 1. The number of fused-ring (bicyclic) bond motifs is 1. The molecule has 20 heavy (non-hydrogen) atoms. The van der Waals surface area contributed by atoms with Crippen LogP contribution in [0, 0.1) is 0 Å². The van der Waals surface area contributed by atoms with Gasteiger partial charge in [0.25, 0.3) is 5.56 Å². The topological polar surface area (TPSA) is 86.3 Å². The first-order valence-electron chi connectivity index (χ1n) is 6.27. The third-order valence-corrected chi connectivity index (χ3v) is 3.48. The highest BCUT2D eigenvalue weighted by molar-refractivity contribution is 6.03. The van der Waals surface area contributed by atoms with E-state index in [2.05, 4.69) is 0 Å². The molecular weight excluding hydrogens is 262 g/mol. The number of aromatic nitrogens is 1. The second-order valence-corrected chi connectivity index (χ2v) is 4.78. The Morgan fingerprint density at radius 1 is 1.10 bits per heavy atom. The number of carbonyl (C=O) groups excluding carboxylic acids is 2. The highest BCUT2D eigenvalue weighted by atomic mass is 16.4. The molecule has 6 heteroatoms. The molecule has 0 amide bonds. The molecule has 0 bridgehead atoms. The van der Waals surface area contributed by atoms with Crippen LogP contribution < -0.4 is 11.3 Å². The van der Waals surface area contributed by atoms with E-state index >= 15 is 0 Å². The van der Waals surface area contributed by atoms with E-state index in [0.29, 0.717) is 0 Å². The molecule has 1 heterocycles. The first kappa shape index (κ1) is 12.5. The summed E-state index contributed by atoms with van der Waals surface area (Å²) in [5, 5.41) is 0.247. The monoisotopic (exact) mass is 273 g/mol. The molecule has 1 atom stereocenters. The van der Waals surface area contributed by atoms with Crippen LogP contribution in [0.4, 0.5) is 0 Å². The van der Waals surface area contributed by atoms with Crippen molar-refractivity contribution in [1.29, 1.82) is 0 Å². The first-order chi connectivity index (χ1) is 9.58. The van der Waals surface area contributed by atoms with Crippen molar-refractivity contribution in [2.24, 2.45) is 0 Å². The second-order valence-electron chi connectivity index (χ2n) is 4.78. The minimum absolute atomic E-state index is 0.163. The van der Waals surface area contributed by atoms with Gasteiger partial charge in [-0.25, -0.2) is 9.36 Å². The molecular formula is C14H11NO5. The van der Waals surface area contributed by atoms with Gasteiger partial charge in [-0.2, -0.15) is 0 Å². The fourth-order valence-corrected chi connectivity index (χ4v) is 2.49. The summed E-state index contributed by atoms with van der Waals surface area (Å²) >= 11 is 0. The van der Waals surface area contributed by atoms with Crippen molar-refractivity contribution in [2.75, 3.05) is 0 Å². The number of para-hydroxylation sites is 1. The van der Waals surface area contributed by atoms with Crippen LogP contribution in [0.1, 0.15) is 25.3 Å². The van der Waals surface area contributed by atoms with Crippen molar-refractivity contribution in [3.8, 4) is 0 Å². The predicted molar refractivity (Wildman–Crippen MR) is 69.6 cm³/mol. The van der Waals surface area contributed by atoms with Gasteiger partial charge in [-0.05, 0) is 18.6 Å². The molecule has 1 fully saturated rings. The zero-order chi connectivity index (χ0) is 14.3. The van der Waals surface area contributed by atoms with Gasteiger partial charge >= 0.3 is 5.76 Å². The van der Waals surface area contributed by atoms with Crippen LogP contribution in [-0.4, -0.2) is 16.1 Å². The summed E-state index contributed by atoms with van der Waals surface area (Å²) in [6.07, 6.45) is 0.124. The van der Waals surface area contributed by atoms with Gasteiger partial charge in [0.2, 0.25) is 0 Å². The van der Waals surface area contributed by atoms with E-state index in [9.17, 15) is 19.2 Å². The molecule has 1 aromatic carbocycles. The van der Waals surface area contributed by atoms with Gasteiger partial charge in [-0.1, -0.05) is 12.1 Å². The largest absolute Gasteiger partial charge is 0.422 e. The Balaban J connectivity index is 2.22. The Morgan fingerprint density at radius 3 is 2.60 bits per heavy atom. The maximum atomic E-state index is 12.3. The molecule has 0 N–H and O–H groups in total. The molecule has 102 valence electrons. The van der Waals surface area contributed by atoms with Gasteiger partial charge in [0.15, 0.2) is 5.78 Å². The summed E-state index contributed by atoms with van der Waals surface area (Å²) in [4.78, 5) is 47.4. The van der Waals surface area contributed by atoms with Gasteiger partial charge in [0, 0.05) is 6.42 Å². The van der Waals surface area contributed by atoms with Crippen molar-refractivity contribution in [2.45, 2.75) is 25.3 Å². The average molecular weight is 273 g/mol. The van der Waals surface area contributed by atoms with Crippen molar-refractivity contribution in [1.82, 2.24) is 4.57 Å². The highest BCUT2D eigenvalue weighted by Crippen LogP contribution is 2.21. The van der Waals surface area contributed by atoms with E-state index in [1.54, 1.807) is 12.1 Å². The fourth-order valence-electron chi connectivity index (χ4n) is 2.49. The highest BCUT2D eigenvalue weighted by Gasteiger charge is 2.31. The van der Waals surface area contributed by atoms with Crippen LogP contribution in [0.5, 0.6) is 0 Å². The normalized spacial score (nSPS) is 19.5. The molecule has 3 rings (SSSR count). The summed E-state index contributed by atoms with van der Waals surface area (Å²) in [6.45, 7) is 0. The smallest absolute Gasteiger partial charge is 0.409 e. The van der Waals surface area contributed by atoms with Crippen LogP contribution in [0.2, 0.25) is 0 Å². The molecule has 1 aromatic heterocycles. The number of nitrogens with zero attached hydrogens (tertiary/aromatic N) is 1. The van der Waals surface area contributed by atoms with Crippen LogP contribution >= 0.6 is 0 Å². The third-order valence-electron chi connectivity index (χ3n) is 3.48. The molecule has 6 nitrogen and oxygen atoms in total. The number of Topliss-reactive ketones (excluding diaryl/α,β-unsaturated/α-hetero) is 2. The van der Waals surface area contributed by atoms with E-state index in [1.165, 1.54) is 12.1 Å². The van der Waals surface area contributed by atoms with Crippen LogP contribution in [-0.2, 0) is 9.59 Å². The third kappa shape index (κ3) is 1.89. The van der Waals surface area contributed by atoms with E-state index in [0.717, 1.165) is 4.57 Å². The Morgan fingerprint density at radius 2 is 1.85 bits per heavy atom. The Kier molecular flexibility index (Phi) is 2.85. The maximum absolute atomic E-state index is 12.3. The molecule has 0 radical (unpaired) electrons. The van der Waals surface area contributed by atoms with Gasteiger partial charge in [-0.15, -0.1) is 0 Å². The zero-order valence-corrected chi connectivity index (χ0v) is 10.5. The standard InChI is InChI=1S/C14H11NO5/c16-8-5-6-10(11(17)7-8)15-13(18)9-3-1-2-4-12(9)20-14(15)19/h1-4,10H,5-7H2. The number of carbonyl (C=O) groups is 2. The van der Waals surface area contributed by atoms with Gasteiger partial charge in [0.05, 0.1) is 11.8 Å². The number of rotatable bonds is 1. The SMILES string of the molecule is O=C1CCC(n2c(=O)oc3ccccc3c2=O)C(=O)C1. The summed E-state index contributed by atoms with van der Waals surface area (Å²) in [7, 11) is 0. The Bertz CT molecular complexity index is 829. The number of hydrogen-bond donors (Lipinski definition) is 0.